The van der Waals surface area contributed by atoms with Crippen molar-refractivity contribution in [2.75, 3.05) is 13.2 Å². The molecule has 0 bridgehead atoms. The van der Waals surface area contributed by atoms with Gasteiger partial charge in [0.15, 0.2) is 0 Å². The van der Waals surface area contributed by atoms with Crippen LogP contribution in [0.2, 0.25) is 0 Å². The fourth-order valence-corrected chi connectivity index (χ4v) is 2.78. The van der Waals surface area contributed by atoms with E-state index in [1.807, 2.05) is 6.92 Å². The zero-order valence-corrected chi connectivity index (χ0v) is 11.5. The first-order chi connectivity index (χ1) is 9.10. The normalized spacial score (nSPS) is 24.6. The smallest absolute Gasteiger partial charge is 0.126 e. The second kappa shape index (κ2) is 6.44. The fourth-order valence-electron chi connectivity index (χ4n) is 2.78. The van der Waals surface area contributed by atoms with Gasteiger partial charge in [0.2, 0.25) is 0 Å². The molecular formula is C15H21F2NO. The summed E-state index contributed by atoms with van der Waals surface area (Å²) in [6.07, 6.45) is 1.74. The number of ether oxygens (including phenoxy) is 1. The molecule has 3 atom stereocenters. The van der Waals surface area contributed by atoms with Crippen molar-refractivity contribution in [3.63, 3.8) is 0 Å². The van der Waals surface area contributed by atoms with Crippen molar-refractivity contribution in [1.82, 2.24) is 5.32 Å². The number of benzene rings is 1. The first-order valence-electron chi connectivity index (χ1n) is 6.90. The molecule has 1 fully saturated rings. The van der Waals surface area contributed by atoms with Crippen LogP contribution in [0.5, 0.6) is 0 Å². The number of hydrogen-bond donors (Lipinski definition) is 1. The zero-order valence-electron chi connectivity index (χ0n) is 11.5. The molecule has 1 N–H and O–H groups in total. The monoisotopic (exact) mass is 269 g/mol. The van der Waals surface area contributed by atoms with Crippen LogP contribution < -0.4 is 5.32 Å². The lowest BCUT2D eigenvalue weighted by atomic mass is 9.93. The van der Waals surface area contributed by atoms with E-state index in [1.54, 1.807) is 0 Å². The maximum absolute atomic E-state index is 13.2. The third-order valence-corrected chi connectivity index (χ3v) is 3.69. The third-order valence-electron chi connectivity index (χ3n) is 3.69. The van der Waals surface area contributed by atoms with Crippen LogP contribution in [0.3, 0.4) is 0 Å². The summed E-state index contributed by atoms with van der Waals surface area (Å²) in [6.45, 7) is 5.77. The van der Waals surface area contributed by atoms with Gasteiger partial charge in [0.1, 0.15) is 11.6 Å². The maximum Gasteiger partial charge on any atom is 0.126 e. The van der Waals surface area contributed by atoms with Crippen LogP contribution in [0.25, 0.3) is 0 Å². The number of hydrogen-bond acceptors (Lipinski definition) is 2. The molecule has 0 radical (unpaired) electrons. The topological polar surface area (TPSA) is 21.3 Å². The molecule has 106 valence electrons. The van der Waals surface area contributed by atoms with E-state index in [4.69, 9.17) is 4.74 Å². The van der Waals surface area contributed by atoms with Crippen molar-refractivity contribution in [3.8, 4) is 0 Å². The van der Waals surface area contributed by atoms with Gasteiger partial charge >= 0.3 is 0 Å². The first-order valence-corrected chi connectivity index (χ1v) is 6.90. The molecule has 0 aliphatic carbocycles. The van der Waals surface area contributed by atoms with E-state index in [9.17, 15) is 8.78 Å². The highest BCUT2D eigenvalue weighted by molar-refractivity contribution is 5.19. The second-order valence-corrected chi connectivity index (χ2v) is 5.25. The molecule has 19 heavy (non-hydrogen) atoms. The molecule has 0 saturated carbocycles. The van der Waals surface area contributed by atoms with E-state index >= 15 is 0 Å². The predicted molar refractivity (Wildman–Crippen MR) is 71.0 cm³/mol. The molecular weight excluding hydrogens is 248 g/mol. The SMILES string of the molecule is CCNC(Cc1cc(F)cc(F)c1)C1OCCC1C. The Bertz CT molecular complexity index is 404. The van der Waals surface area contributed by atoms with E-state index < -0.39 is 11.6 Å². The van der Waals surface area contributed by atoms with Crippen LogP contribution >= 0.6 is 0 Å². The molecule has 0 amide bonds. The van der Waals surface area contributed by atoms with Gasteiger partial charge in [0.05, 0.1) is 6.10 Å². The average molecular weight is 269 g/mol. The molecule has 1 aliphatic rings. The minimum atomic E-state index is -0.523. The summed E-state index contributed by atoms with van der Waals surface area (Å²) in [5, 5.41) is 3.37. The van der Waals surface area contributed by atoms with E-state index in [-0.39, 0.29) is 12.1 Å². The number of halogens is 2. The molecule has 1 aliphatic heterocycles. The Labute approximate surface area is 113 Å². The van der Waals surface area contributed by atoms with Crippen molar-refractivity contribution >= 4 is 0 Å². The van der Waals surface area contributed by atoms with Gasteiger partial charge in [0, 0.05) is 18.7 Å². The van der Waals surface area contributed by atoms with Gasteiger partial charge in [-0.25, -0.2) is 8.78 Å². The number of likely N-dealkylation sites (N-methyl/N-ethyl adjacent to an activating group) is 1. The van der Waals surface area contributed by atoms with Gasteiger partial charge in [-0.1, -0.05) is 13.8 Å². The van der Waals surface area contributed by atoms with Crippen molar-refractivity contribution in [1.29, 1.82) is 0 Å². The van der Waals surface area contributed by atoms with Gasteiger partial charge in [-0.3, -0.25) is 0 Å². The summed E-state index contributed by atoms with van der Waals surface area (Å²) in [7, 11) is 0. The highest BCUT2D eigenvalue weighted by atomic mass is 19.1. The lowest BCUT2D eigenvalue weighted by Gasteiger charge is -2.27. The quantitative estimate of drug-likeness (QED) is 0.887. The molecule has 0 spiro atoms. The lowest BCUT2D eigenvalue weighted by Crippen LogP contribution is -2.43. The molecule has 3 unspecified atom stereocenters. The fraction of sp³-hybridized carbons (Fsp3) is 0.600. The largest absolute Gasteiger partial charge is 0.376 e. The summed E-state index contributed by atoms with van der Waals surface area (Å²) in [5.41, 5.74) is 0.672. The Morgan fingerprint density at radius 2 is 2.00 bits per heavy atom. The summed E-state index contributed by atoms with van der Waals surface area (Å²) in [4.78, 5) is 0. The molecule has 1 aromatic carbocycles. The summed E-state index contributed by atoms with van der Waals surface area (Å²) < 4.78 is 32.2. The Hall–Kier alpha value is -1.00. The van der Waals surface area contributed by atoms with E-state index in [0.717, 1.165) is 25.6 Å². The maximum atomic E-state index is 13.2. The first kappa shape index (κ1) is 14.4. The summed E-state index contributed by atoms with van der Waals surface area (Å²) in [6, 6.07) is 3.80. The van der Waals surface area contributed by atoms with Gasteiger partial charge in [-0.05, 0) is 43.0 Å². The number of nitrogens with one attached hydrogen (secondary N) is 1. The van der Waals surface area contributed by atoms with Crippen LogP contribution in [0.15, 0.2) is 18.2 Å². The second-order valence-electron chi connectivity index (χ2n) is 5.25. The van der Waals surface area contributed by atoms with Crippen LogP contribution in [-0.2, 0) is 11.2 Å². The van der Waals surface area contributed by atoms with E-state index in [0.29, 0.717) is 17.9 Å². The Balaban J connectivity index is 2.11. The van der Waals surface area contributed by atoms with Crippen molar-refractivity contribution in [2.45, 2.75) is 38.8 Å². The van der Waals surface area contributed by atoms with Gasteiger partial charge in [-0.2, -0.15) is 0 Å². The lowest BCUT2D eigenvalue weighted by molar-refractivity contribution is 0.0615. The summed E-state index contributed by atoms with van der Waals surface area (Å²) >= 11 is 0. The number of rotatable bonds is 5. The van der Waals surface area contributed by atoms with Crippen LogP contribution in [0.4, 0.5) is 8.78 Å². The summed E-state index contributed by atoms with van der Waals surface area (Å²) in [5.74, 6) is -0.571. The molecule has 2 nitrogen and oxygen atoms in total. The van der Waals surface area contributed by atoms with Gasteiger partial charge in [0.25, 0.3) is 0 Å². The standard InChI is InChI=1S/C15H21F2NO/c1-3-18-14(15-10(2)4-5-19-15)8-11-6-12(16)9-13(17)7-11/h6-7,9-10,14-15,18H,3-5,8H2,1-2H3. The molecule has 2 rings (SSSR count). The predicted octanol–water partition coefficient (Wildman–Crippen LogP) is 2.91. The zero-order chi connectivity index (χ0) is 13.8. The van der Waals surface area contributed by atoms with Crippen LogP contribution in [0.1, 0.15) is 25.8 Å². The molecule has 1 saturated heterocycles. The van der Waals surface area contributed by atoms with Crippen LogP contribution in [-0.4, -0.2) is 25.3 Å². The van der Waals surface area contributed by atoms with Crippen molar-refractivity contribution in [3.05, 3.63) is 35.4 Å². The highest BCUT2D eigenvalue weighted by Crippen LogP contribution is 2.25. The molecule has 1 heterocycles. The van der Waals surface area contributed by atoms with E-state index in [2.05, 4.69) is 12.2 Å². The molecule has 4 heteroatoms. The molecule has 0 aromatic heterocycles. The minimum absolute atomic E-state index is 0.101. The Morgan fingerprint density at radius 1 is 1.32 bits per heavy atom. The van der Waals surface area contributed by atoms with Gasteiger partial charge < -0.3 is 10.1 Å². The highest BCUT2D eigenvalue weighted by Gasteiger charge is 2.31. The minimum Gasteiger partial charge on any atom is -0.376 e. The average Bonchev–Trinajstić information content (AvgIpc) is 2.73. The van der Waals surface area contributed by atoms with Crippen LogP contribution in [0, 0.1) is 17.6 Å². The van der Waals surface area contributed by atoms with Gasteiger partial charge in [-0.15, -0.1) is 0 Å². The Kier molecular flexibility index (Phi) is 4.88. The third kappa shape index (κ3) is 3.74. The molecule has 1 aromatic rings. The van der Waals surface area contributed by atoms with E-state index in [1.165, 1.54) is 12.1 Å². The van der Waals surface area contributed by atoms with Crippen molar-refractivity contribution in [2.24, 2.45) is 5.92 Å². The van der Waals surface area contributed by atoms with Crippen molar-refractivity contribution < 1.29 is 13.5 Å². The Morgan fingerprint density at radius 3 is 2.53 bits per heavy atom.